The van der Waals surface area contributed by atoms with Gasteiger partial charge in [-0.25, -0.2) is 0 Å². The molecule has 6 heteroatoms. The smallest absolute Gasteiger partial charge is 0.272 e. The Morgan fingerprint density at radius 1 is 1.56 bits per heavy atom. The molecule has 1 amide bonds. The highest BCUT2D eigenvalue weighted by molar-refractivity contribution is 6.04. The van der Waals surface area contributed by atoms with Gasteiger partial charge in [0.1, 0.15) is 5.69 Å². The van der Waals surface area contributed by atoms with Crippen molar-refractivity contribution in [3.63, 3.8) is 0 Å². The lowest BCUT2D eigenvalue weighted by Crippen LogP contribution is -2.17. The molecule has 2 aromatic heterocycles. The number of aromatic amines is 1. The Hall–Kier alpha value is -2.24. The molecule has 2 rings (SSSR count). The lowest BCUT2D eigenvalue weighted by molar-refractivity contribution is 0.101. The number of carbonyl (C=O) groups is 1. The number of hydrogen-bond donors (Lipinski definition) is 3. The second-order valence-electron chi connectivity index (χ2n) is 4.21. The quantitative estimate of drug-likeness (QED) is 0.771. The summed E-state index contributed by atoms with van der Waals surface area (Å²) in [5, 5.41) is 9.72. The minimum Gasteiger partial charge on any atom is -0.397 e. The van der Waals surface area contributed by atoms with Crippen LogP contribution in [-0.4, -0.2) is 20.7 Å². The summed E-state index contributed by atoms with van der Waals surface area (Å²) < 4.78 is 1.81. The van der Waals surface area contributed by atoms with Crippen molar-refractivity contribution in [1.29, 1.82) is 0 Å². The first-order valence-electron chi connectivity index (χ1n) is 5.81. The summed E-state index contributed by atoms with van der Waals surface area (Å²) in [4.78, 5) is 12.2. The molecule has 0 aliphatic heterocycles. The Labute approximate surface area is 105 Å². The molecular weight excluding hydrogens is 230 g/mol. The zero-order valence-electron chi connectivity index (χ0n) is 10.7. The van der Waals surface area contributed by atoms with Gasteiger partial charge >= 0.3 is 0 Å². The second-order valence-corrected chi connectivity index (χ2v) is 4.21. The van der Waals surface area contributed by atoms with E-state index < -0.39 is 0 Å². The van der Waals surface area contributed by atoms with Crippen LogP contribution >= 0.6 is 0 Å². The van der Waals surface area contributed by atoms with Gasteiger partial charge in [0, 0.05) is 12.7 Å². The Morgan fingerprint density at radius 2 is 2.28 bits per heavy atom. The van der Waals surface area contributed by atoms with Crippen LogP contribution in [0.25, 0.3) is 0 Å². The number of amides is 1. The molecule has 0 saturated heterocycles. The van der Waals surface area contributed by atoms with Crippen LogP contribution in [0.15, 0.2) is 12.3 Å². The highest BCUT2D eigenvalue weighted by Crippen LogP contribution is 2.18. The molecule has 0 aliphatic carbocycles. The molecule has 4 N–H and O–H groups in total. The zero-order chi connectivity index (χ0) is 13.3. The summed E-state index contributed by atoms with van der Waals surface area (Å²) in [5.74, 6) is -0.179. The molecule has 0 saturated carbocycles. The predicted octanol–water partition coefficient (Wildman–Crippen LogP) is 1.68. The Bertz CT molecular complexity index is 562. The van der Waals surface area contributed by atoms with Crippen LogP contribution in [0.2, 0.25) is 0 Å². The zero-order valence-corrected chi connectivity index (χ0v) is 10.7. The Morgan fingerprint density at radius 3 is 2.83 bits per heavy atom. The van der Waals surface area contributed by atoms with E-state index in [0.29, 0.717) is 17.9 Å². The van der Waals surface area contributed by atoms with E-state index in [1.807, 2.05) is 25.3 Å². The van der Waals surface area contributed by atoms with E-state index in [9.17, 15) is 4.79 Å². The molecule has 0 aromatic carbocycles. The van der Waals surface area contributed by atoms with E-state index in [0.717, 1.165) is 17.1 Å². The van der Waals surface area contributed by atoms with Gasteiger partial charge in [-0.05, 0) is 26.8 Å². The van der Waals surface area contributed by atoms with Gasteiger partial charge in [-0.3, -0.25) is 9.89 Å². The molecule has 0 aliphatic rings. The van der Waals surface area contributed by atoms with Crippen LogP contribution < -0.4 is 11.1 Å². The minimum absolute atomic E-state index is 0.179. The minimum atomic E-state index is -0.179. The number of carbonyl (C=O) groups excluding carboxylic acids is 1. The number of H-pyrrole nitrogens is 1. The maximum atomic E-state index is 12.2. The van der Waals surface area contributed by atoms with E-state index in [1.54, 1.807) is 12.3 Å². The monoisotopic (exact) mass is 247 g/mol. The third-order valence-corrected chi connectivity index (χ3v) is 2.86. The summed E-state index contributed by atoms with van der Waals surface area (Å²) in [5.41, 5.74) is 9.17. The average Bonchev–Trinajstić information content (AvgIpc) is 2.86. The number of nitrogen functional groups attached to an aromatic ring is 1. The van der Waals surface area contributed by atoms with Gasteiger partial charge in [0.15, 0.2) is 0 Å². The number of anilines is 2. The van der Waals surface area contributed by atoms with Gasteiger partial charge < -0.3 is 15.6 Å². The van der Waals surface area contributed by atoms with Gasteiger partial charge in [-0.2, -0.15) is 5.10 Å². The van der Waals surface area contributed by atoms with Crippen molar-refractivity contribution in [3.05, 3.63) is 29.3 Å². The third-order valence-electron chi connectivity index (χ3n) is 2.86. The van der Waals surface area contributed by atoms with Gasteiger partial charge in [0.05, 0.1) is 22.8 Å². The summed E-state index contributed by atoms with van der Waals surface area (Å²) in [6.45, 7) is 6.36. The van der Waals surface area contributed by atoms with Crippen LogP contribution in [0, 0.1) is 13.8 Å². The molecule has 2 heterocycles. The van der Waals surface area contributed by atoms with Gasteiger partial charge in [0.2, 0.25) is 0 Å². The predicted molar refractivity (Wildman–Crippen MR) is 70.5 cm³/mol. The average molecular weight is 247 g/mol. The fourth-order valence-electron chi connectivity index (χ4n) is 1.90. The van der Waals surface area contributed by atoms with Crippen molar-refractivity contribution < 1.29 is 4.79 Å². The number of aryl methyl sites for hydroxylation is 3. The number of nitrogens with two attached hydrogens (primary N) is 1. The first-order valence-corrected chi connectivity index (χ1v) is 5.81. The van der Waals surface area contributed by atoms with Gasteiger partial charge in [0.25, 0.3) is 5.91 Å². The molecule has 0 radical (unpaired) electrons. The highest BCUT2D eigenvalue weighted by Gasteiger charge is 2.15. The third kappa shape index (κ3) is 2.09. The molecule has 2 aromatic rings. The molecule has 0 bridgehead atoms. The van der Waals surface area contributed by atoms with E-state index in [4.69, 9.17) is 5.73 Å². The molecule has 0 spiro atoms. The molecular formula is C12H17N5O. The van der Waals surface area contributed by atoms with Crippen molar-refractivity contribution in [3.8, 4) is 0 Å². The van der Waals surface area contributed by atoms with Crippen LogP contribution in [0.1, 0.15) is 28.8 Å². The Kier molecular flexibility index (Phi) is 3.10. The molecule has 6 nitrogen and oxygen atoms in total. The van der Waals surface area contributed by atoms with Crippen LogP contribution in [0.5, 0.6) is 0 Å². The normalized spacial score (nSPS) is 10.6. The van der Waals surface area contributed by atoms with Gasteiger partial charge in [-0.1, -0.05) is 0 Å². The fraction of sp³-hybridized carbons (Fsp3) is 0.333. The van der Waals surface area contributed by atoms with Crippen molar-refractivity contribution >= 4 is 17.3 Å². The summed E-state index contributed by atoms with van der Waals surface area (Å²) in [6, 6.07) is 1.67. The van der Waals surface area contributed by atoms with E-state index >= 15 is 0 Å². The van der Waals surface area contributed by atoms with Crippen molar-refractivity contribution in [2.24, 2.45) is 0 Å². The molecule has 0 fully saturated rings. The van der Waals surface area contributed by atoms with Gasteiger partial charge in [-0.15, -0.1) is 0 Å². The van der Waals surface area contributed by atoms with Crippen molar-refractivity contribution in [2.75, 3.05) is 11.1 Å². The van der Waals surface area contributed by atoms with E-state index in [1.165, 1.54) is 0 Å². The summed E-state index contributed by atoms with van der Waals surface area (Å²) in [6.07, 6.45) is 1.75. The number of hydrogen-bond acceptors (Lipinski definition) is 3. The maximum absolute atomic E-state index is 12.2. The molecule has 0 atom stereocenters. The van der Waals surface area contributed by atoms with Crippen LogP contribution in [0.3, 0.4) is 0 Å². The van der Waals surface area contributed by atoms with E-state index in [-0.39, 0.29) is 5.91 Å². The van der Waals surface area contributed by atoms with Crippen molar-refractivity contribution in [1.82, 2.24) is 14.8 Å². The molecule has 18 heavy (non-hydrogen) atoms. The Balaban J connectivity index is 2.27. The molecule has 0 unspecified atom stereocenters. The standard InChI is InChI=1S/C12H17N5O/c1-4-17-6-9(13)5-10(17)12(18)14-11-7(2)15-16-8(11)3/h5-6H,4,13H2,1-3H3,(H,14,18)(H,15,16). The fourth-order valence-corrected chi connectivity index (χ4v) is 1.90. The lowest BCUT2D eigenvalue weighted by atomic mass is 10.3. The summed E-state index contributed by atoms with van der Waals surface area (Å²) in [7, 11) is 0. The first kappa shape index (κ1) is 12.2. The second kappa shape index (κ2) is 4.56. The lowest BCUT2D eigenvalue weighted by Gasteiger charge is -2.07. The number of aromatic nitrogens is 3. The van der Waals surface area contributed by atoms with Crippen molar-refractivity contribution in [2.45, 2.75) is 27.3 Å². The number of nitrogens with one attached hydrogen (secondary N) is 2. The number of nitrogens with zero attached hydrogens (tertiary/aromatic N) is 2. The van der Waals surface area contributed by atoms with Crippen LogP contribution in [0.4, 0.5) is 11.4 Å². The highest BCUT2D eigenvalue weighted by atomic mass is 16.2. The van der Waals surface area contributed by atoms with Crippen LogP contribution in [-0.2, 0) is 6.54 Å². The first-order chi connectivity index (χ1) is 8.52. The SMILES string of the molecule is CCn1cc(N)cc1C(=O)Nc1c(C)n[nH]c1C. The topological polar surface area (TPSA) is 88.7 Å². The summed E-state index contributed by atoms with van der Waals surface area (Å²) >= 11 is 0. The maximum Gasteiger partial charge on any atom is 0.272 e. The molecule has 96 valence electrons. The largest absolute Gasteiger partial charge is 0.397 e. The van der Waals surface area contributed by atoms with E-state index in [2.05, 4.69) is 15.5 Å². The number of rotatable bonds is 3.